The van der Waals surface area contributed by atoms with Crippen molar-refractivity contribution in [3.05, 3.63) is 21.9 Å². The largest absolute Gasteiger partial charge is 0.352 e. The van der Waals surface area contributed by atoms with E-state index in [9.17, 15) is 4.79 Å². The van der Waals surface area contributed by atoms with E-state index in [0.717, 1.165) is 19.4 Å². The Bertz CT molecular complexity index is 499. The molecule has 1 N–H and O–H groups in total. The highest BCUT2D eigenvalue weighted by Gasteiger charge is 2.28. The van der Waals surface area contributed by atoms with Crippen molar-refractivity contribution in [2.45, 2.75) is 58.0 Å². The van der Waals surface area contributed by atoms with Gasteiger partial charge in [0.15, 0.2) is 0 Å². The number of nitrogens with one attached hydrogen (secondary N) is 1. The molecule has 0 spiro atoms. The molecule has 3 rings (SSSR count). The van der Waals surface area contributed by atoms with Gasteiger partial charge in [0.05, 0.1) is 6.54 Å². The molecule has 0 bridgehead atoms. The molecule has 0 saturated heterocycles. The van der Waals surface area contributed by atoms with Gasteiger partial charge in [0, 0.05) is 23.5 Å². The van der Waals surface area contributed by atoms with Gasteiger partial charge in [-0.05, 0) is 49.1 Å². The van der Waals surface area contributed by atoms with E-state index >= 15 is 0 Å². The molecule has 0 radical (unpaired) electrons. The van der Waals surface area contributed by atoms with Crippen LogP contribution in [0.25, 0.3) is 0 Å². The second-order valence-electron chi connectivity index (χ2n) is 6.63. The van der Waals surface area contributed by atoms with Crippen molar-refractivity contribution < 1.29 is 4.79 Å². The molecule has 1 amide bonds. The van der Waals surface area contributed by atoms with Crippen molar-refractivity contribution in [3.63, 3.8) is 0 Å². The van der Waals surface area contributed by atoms with E-state index in [1.54, 1.807) is 0 Å². The Morgan fingerprint density at radius 1 is 1.38 bits per heavy atom. The Morgan fingerprint density at radius 3 is 3.00 bits per heavy atom. The fourth-order valence-electron chi connectivity index (χ4n) is 3.75. The number of thiophene rings is 1. The number of fused-ring (bicyclic) bond motifs is 1. The van der Waals surface area contributed by atoms with Crippen molar-refractivity contribution >= 4 is 17.2 Å². The van der Waals surface area contributed by atoms with E-state index < -0.39 is 0 Å². The predicted molar refractivity (Wildman–Crippen MR) is 87.6 cm³/mol. The predicted octanol–water partition coefficient (Wildman–Crippen LogP) is 3.36. The minimum Gasteiger partial charge on any atom is -0.352 e. The zero-order chi connectivity index (χ0) is 14.8. The summed E-state index contributed by atoms with van der Waals surface area (Å²) in [6, 6.07) is 2.98. The molecule has 2 heterocycles. The molecule has 1 saturated carbocycles. The van der Waals surface area contributed by atoms with Crippen LogP contribution in [0.2, 0.25) is 0 Å². The standard InChI is InChI=1S/C17H26N2OS/c1-12-5-3-4-6-15(12)18-17(20)11-19-9-7-16-14(13(19)2)8-10-21-16/h8,10,12-13,15H,3-7,9,11H2,1-2H3,(H,18,20)/t12-,13-,15-/m0/s1. The lowest BCUT2D eigenvalue weighted by atomic mass is 9.86. The lowest BCUT2D eigenvalue weighted by molar-refractivity contribution is -0.124. The van der Waals surface area contributed by atoms with E-state index in [2.05, 4.69) is 35.5 Å². The SMILES string of the molecule is C[C@H]1CCCC[C@@H]1NC(=O)CN1CCc2sccc2[C@@H]1C. The Labute approximate surface area is 131 Å². The number of amides is 1. The molecule has 0 aromatic carbocycles. The fourth-order valence-corrected chi connectivity index (χ4v) is 4.71. The maximum atomic E-state index is 12.4. The third kappa shape index (κ3) is 3.32. The number of hydrogen-bond acceptors (Lipinski definition) is 3. The van der Waals surface area contributed by atoms with Gasteiger partial charge in [-0.25, -0.2) is 0 Å². The van der Waals surface area contributed by atoms with Crippen LogP contribution in [0.5, 0.6) is 0 Å². The van der Waals surface area contributed by atoms with E-state index in [-0.39, 0.29) is 5.91 Å². The maximum Gasteiger partial charge on any atom is 0.234 e. The summed E-state index contributed by atoms with van der Waals surface area (Å²) < 4.78 is 0. The minimum atomic E-state index is 0.208. The molecule has 3 nitrogen and oxygen atoms in total. The van der Waals surface area contributed by atoms with Crippen LogP contribution < -0.4 is 5.32 Å². The van der Waals surface area contributed by atoms with Gasteiger partial charge in [-0.2, -0.15) is 0 Å². The number of carbonyl (C=O) groups is 1. The van der Waals surface area contributed by atoms with Crippen LogP contribution in [-0.4, -0.2) is 29.9 Å². The first-order chi connectivity index (χ1) is 10.1. The number of hydrogen-bond donors (Lipinski definition) is 1. The quantitative estimate of drug-likeness (QED) is 0.928. The Morgan fingerprint density at radius 2 is 2.19 bits per heavy atom. The molecular formula is C17H26N2OS. The molecule has 1 aromatic rings. The molecule has 2 aliphatic rings. The van der Waals surface area contributed by atoms with Crippen molar-refractivity contribution in [1.82, 2.24) is 10.2 Å². The molecule has 3 atom stereocenters. The van der Waals surface area contributed by atoms with Crippen LogP contribution in [-0.2, 0) is 11.2 Å². The zero-order valence-electron chi connectivity index (χ0n) is 13.1. The van der Waals surface area contributed by atoms with Crippen molar-refractivity contribution in [2.24, 2.45) is 5.92 Å². The normalized spacial score (nSPS) is 29.9. The second kappa shape index (κ2) is 6.49. The van der Waals surface area contributed by atoms with Crippen LogP contribution in [0.15, 0.2) is 11.4 Å². The summed E-state index contributed by atoms with van der Waals surface area (Å²) in [7, 11) is 0. The van der Waals surface area contributed by atoms with E-state index in [1.165, 1.54) is 29.7 Å². The van der Waals surface area contributed by atoms with Gasteiger partial charge in [-0.1, -0.05) is 19.8 Å². The van der Waals surface area contributed by atoms with Gasteiger partial charge in [0.2, 0.25) is 5.91 Å². The number of rotatable bonds is 3. The van der Waals surface area contributed by atoms with E-state index in [1.807, 2.05) is 11.3 Å². The van der Waals surface area contributed by atoms with E-state index in [0.29, 0.717) is 24.5 Å². The topological polar surface area (TPSA) is 32.3 Å². The molecule has 1 aliphatic heterocycles. The Balaban J connectivity index is 1.56. The van der Waals surface area contributed by atoms with Crippen LogP contribution in [0, 0.1) is 5.92 Å². The molecule has 0 unspecified atom stereocenters. The van der Waals surface area contributed by atoms with Crippen LogP contribution in [0.4, 0.5) is 0 Å². The van der Waals surface area contributed by atoms with Gasteiger partial charge in [0.25, 0.3) is 0 Å². The Kier molecular flexibility index (Phi) is 4.65. The van der Waals surface area contributed by atoms with E-state index in [4.69, 9.17) is 0 Å². The first-order valence-electron chi connectivity index (χ1n) is 8.25. The van der Waals surface area contributed by atoms with Crippen molar-refractivity contribution in [1.29, 1.82) is 0 Å². The summed E-state index contributed by atoms with van der Waals surface area (Å²) in [5.74, 6) is 0.837. The summed E-state index contributed by atoms with van der Waals surface area (Å²) in [5.41, 5.74) is 1.42. The van der Waals surface area contributed by atoms with Gasteiger partial charge in [-0.15, -0.1) is 11.3 Å². The third-order valence-electron chi connectivity index (χ3n) is 5.21. The zero-order valence-corrected chi connectivity index (χ0v) is 13.9. The summed E-state index contributed by atoms with van der Waals surface area (Å²) in [4.78, 5) is 16.2. The fraction of sp³-hybridized carbons (Fsp3) is 0.706. The second-order valence-corrected chi connectivity index (χ2v) is 7.63. The summed E-state index contributed by atoms with van der Waals surface area (Å²) in [6.07, 6.45) is 6.07. The van der Waals surface area contributed by atoms with Gasteiger partial charge in [-0.3, -0.25) is 9.69 Å². The average molecular weight is 306 g/mol. The molecular weight excluding hydrogens is 280 g/mol. The monoisotopic (exact) mass is 306 g/mol. The highest BCUT2D eigenvalue weighted by molar-refractivity contribution is 7.10. The smallest absolute Gasteiger partial charge is 0.234 e. The maximum absolute atomic E-state index is 12.4. The number of nitrogens with zero attached hydrogens (tertiary/aromatic N) is 1. The summed E-state index contributed by atoms with van der Waals surface area (Å²) in [6.45, 7) is 6.04. The van der Waals surface area contributed by atoms with Crippen LogP contribution in [0.1, 0.15) is 56.0 Å². The van der Waals surface area contributed by atoms with Gasteiger partial charge >= 0.3 is 0 Å². The van der Waals surface area contributed by atoms with Gasteiger partial charge < -0.3 is 5.32 Å². The molecule has 1 fully saturated rings. The molecule has 116 valence electrons. The van der Waals surface area contributed by atoms with Crippen LogP contribution in [0.3, 0.4) is 0 Å². The highest BCUT2D eigenvalue weighted by atomic mass is 32.1. The lowest BCUT2D eigenvalue weighted by Crippen LogP contribution is -2.47. The van der Waals surface area contributed by atoms with Crippen LogP contribution >= 0.6 is 11.3 Å². The van der Waals surface area contributed by atoms with Gasteiger partial charge in [0.1, 0.15) is 0 Å². The first-order valence-corrected chi connectivity index (χ1v) is 9.13. The third-order valence-corrected chi connectivity index (χ3v) is 6.20. The minimum absolute atomic E-state index is 0.208. The molecule has 1 aliphatic carbocycles. The lowest BCUT2D eigenvalue weighted by Gasteiger charge is -2.34. The van der Waals surface area contributed by atoms with Crippen molar-refractivity contribution in [3.8, 4) is 0 Å². The summed E-state index contributed by atoms with van der Waals surface area (Å²) >= 11 is 1.85. The average Bonchev–Trinajstić information content (AvgIpc) is 2.94. The first kappa shape index (κ1) is 15.0. The Hall–Kier alpha value is -0.870. The molecule has 21 heavy (non-hydrogen) atoms. The molecule has 4 heteroatoms. The molecule has 1 aromatic heterocycles. The number of carbonyl (C=O) groups excluding carboxylic acids is 1. The highest BCUT2D eigenvalue weighted by Crippen LogP contribution is 2.32. The summed E-state index contributed by atoms with van der Waals surface area (Å²) in [5, 5.41) is 5.45. The van der Waals surface area contributed by atoms with Crippen molar-refractivity contribution in [2.75, 3.05) is 13.1 Å².